The van der Waals surface area contributed by atoms with Gasteiger partial charge in [0.2, 0.25) is 0 Å². The summed E-state index contributed by atoms with van der Waals surface area (Å²) in [5.74, 6) is 0.885. The molecule has 6 nitrogen and oxygen atoms in total. The van der Waals surface area contributed by atoms with Crippen molar-refractivity contribution in [3.63, 3.8) is 0 Å². The van der Waals surface area contributed by atoms with E-state index in [9.17, 15) is 9.59 Å². The molecule has 0 aliphatic heterocycles. The Hall–Kier alpha value is -5.20. The van der Waals surface area contributed by atoms with Crippen LogP contribution in [0.3, 0.4) is 0 Å². The molecule has 0 unspecified atom stereocenters. The van der Waals surface area contributed by atoms with Gasteiger partial charge in [-0.25, -0.2) is 0 Å². The maximum absolute atomic E-state index is 12.9. The number of ketones is 1. The average molecular weight is 628 g/mol. The van der Waals surface area contributed by atoms with Gasteiger partial charge in [0, 0.05) is 12.3 Å². The summed E-state index contributed by atoms with van der Waals surface area (Å²) >= 11 is 0. The van der Waals surface area contributed by atoms with Crippen molar-refractivity contribution >= 4 is 11.8 Å². The van der Waals surface area contributed by atoms with Crippen molar-refractivity contribution in [1.82, 2.24) is 0 Å². The van der Waals surface area contributed by atoms with Crippen LogP contribution in [0.15, 0.2) is 127 Å². The molecular formula is C41H41NO5. The summed E-state index contributed by atoms with van der Waals surface area (Å²) in [5, 5.41) is 0. The van der Waals surface area contributed by atoms with Crippen LogP contribution in [0.5, 0.6) is 11.5 Å². The Morgan fingerprint density at radius 1 is 0.596 bits per heavy atom. The first-order valence-electron chi connectivity index (χ1n) is 15.9. The summed E-state index contributed by atoms with van der Waals surface area (Å²) < 4.78 is 18.0. The summed E-state index contributed by atoms with van der Waals surface area (Å²) in [7, 11) is 0. The van der Waals surface area contributed by atoms with Crippen molar-refractivity contribution in [2.45, 2.75) is 52.6 Å². The van der Waals surface area contributed by atoms with Crippen LogP contribution in [-0.4, -0.2) is 17.8 Å². The smallest absolute Gasteiger partial charge is 0.323 e. The Kier molecular flexibility index (Phi) is 11.6. The van der Waals surface area contributed by atoms with Crippen molar-refractivity contribution in [3.8, 4) is 22.6 Å². The van der Waals surface area contributed by atoms with Crippen molar-refractivity contribution < 1.29 is 23.8 Å². The van der Waals surface area contributed by atoms with Crippen molar-refractivity contribution in [1.29, 1.82) is 0 Å². The van der Waals surface area contributed by atoms with Gasteiger partial charge in [0.25, 0.3) is 0 Å². The zero-order valence-electron chi connectivity index (χ0n) is 26.9. The minimum atomic E-state index is -0.881. The minimum absolute atomic E-state index is 0.125. The predicted octanol–water partition coefficient (Wildman–Crippen LogP) is 7.89. The van der Waals surface area contributed by atoms with E-state index in [0.29, 0.717) is 25.4 Å². The van der Waals surface area contributed by atoms with Gasteiger partial charge >= 0.3 is 5.97 Å². The van der Waals surface area contributed by atoms with E-state index in [0.717, 1.165) is 44.7 Å². The van der Waals surface area contributed by atoms with Crippen LogP contribution in [0.1, 0.15) is 41.7 Å². The number of hydrogen-bond donors (Lipinski definition) is 1. The molecule has 2 N–H and O–H groups in total. The van der Waals surface area contributed by atoms with Gasteiger partial charge in [-0.1, -0.05) is 110 Å². The molecule has 0 aliphatic rings. The molecule has 240 valence electrons. The second kappa shape index (κ2) is 16.4. The Labute approximate surface area is 277 Å². The van der Waals surface area contributed by atoms with Gasteiger partial charge in [-0.15, -0.1) is 0 Å². The molecule has 0 amide bonds. The summed E-state index contributed by atoms with van der Waals surface area (Å²) in [6, 6.07) is 40.6. The van der Waals surface area contributed by atoms with Crippen LogP contribution in [0, 0.1) is 5.92 Å². The lowest BCUT2D eigenvalue weighted by Crippen LogP contribution is -2.34. The largest absolute Gasteiger partial charge is 0.489 e. The number of rotatable bonds is 15. The molecule has 0 bridgehead atoms. The SMILES string of the molecule is CC(=O)[C@@H](C)Cc1cc(-c2ccc(OCc3ccccc3)c(C[C@H](N)C(=O)OCc3ccccc3)c2)ccc1OCc1ccccc1. The van der Waals surface area contributed by atoms with Gasteiger partial charge in [-0.2, -0.15) is 0 Å². The topological polar surface area (TPSA) is 87.9 Å². The molecule has 0 fully saturated rings. The van der Waals surface area contributed by atoms with Gasteiger partial charge < -0.3 is 19.9 Å². The maximum Gasteiger partial charge on any atom is 0.323 e. The van der Waals surface area contributed by atoms with Crippen LogP contribution in [0.4, 0.5) is 0 Å². The Balaban J connectivity index is 1.41. The summed E-state index contributed by atoms with van der Waals surface area (Å²) in [6.07, 6.45) is 0.786. The van der Waals surface area contributed by atoms with E-state index < -0.39 is 12.0 Å². The molecule has 0 aliphatic carbocycles. The molecule has 0 heterocycles. The molecule has 5 aromatic rings. The second-order valence-corrected chi connectivity index (χ2v) is 11.8. The molecule has 0 spiro atoms. The van der Waals surface area contributed by atoms with Crippen molar-refractivity contribution in [2.24, 2.45) is 11.7 Å². The van der Waals surface area contributed by atoms with E-state index in [2.05, 4.69) is 6.07 Å². The molecule has 0 saturated carbocycles. The quantitative estimate of drug-likeness (QED) is 0.119. The van der Waals surface area contributed by atoms with Gasteiger partial charge in [0.15, 0.2) is 0 Å². The number of ether oxygens (including phenoxy) is 3. The normalized spacial score (nSPS) is 12.1. The van der Waals surface area contributed by atoms with E-state index in [1.165, 1.54) is 0 Å². The number of esters is 1. The highest BCUT2D eigenvalue weighted by atomic mass is 16.5. The summed E-state index contributed by atoms with van der Waals surface area (Å²) in [6.45, 7) is 4.52. The molecule has 2 atom stereocenters. The lowest BCUT2D eigenvalue weighted by molar-refractivity contribution is -0.146. The Morgan fingerprint density at radius 2 is 1.02 bits per heavy atom. The molecule has 5 aromatic carbocycles. The number of Topliss-reactive ketones (excluding diaryl/α,β-unsaturated/α-hetero) is 1. The van der Waals surface area contributed by atoms with E-state index in [4.69, 9.17) is 19.9 Å². The number of carbonyl (C=O) groups excluding carboxylic acids is 2. The standard InChI is InChI=1S/C41H41NO5/c1-29(30(2)43)22-36-23-34(18-20-39(36)45-26-31-12-6-3-7-13-31)35-19-21-40(46-27-32-14-8-4-9-15-32)37(24-35)25-38(42)41(44)47-28-33-16-10-5-11-17-33/h3-21,23-24,29,38H,22,25-28,42H2,1-2H3/t29-,38-/m0/s1. The van der Waals surface area contributed by atoms with Crippen LogP contribution in [0.25, 0.3) is 11.1 Å². The third-order valence-corrected chi connectivity index (χ3v) is 8.12. The summed E-state index contributed by atoms with van der Waals surface area (Å²) in [5.41, 5.74) is 13.0. The lowest BCUT2D eigenvalue weighted by Gasteiger charge is -2.18. The third-order valence-electron chi connectivity index (χ3n) is 8.12. The van der Waals surface area contributed by atoms with E-state index in [1.807, 2.05) is 128 Å². The first kappa shape index (κ1) is 33.2. The van der Waals surface area contributed by atoms with Gasteiger partial charge in [0.05, 0.1) is 0 Å². The van der Waals surface area contributed by atoms with E-state index in [1.54, 1.807) is 6.92 Å². The number of benzene rings is 5. The van der Waals surface area contributed by atoms with Crippen molar-refractivity contribution in [2.75, 3.05) is 0 Å². The van der Waals surface area contributed by atoms with Crippen LogP contribution < -0.4 is 15.2 Å². The second-order valence-electron chi connectivity index (χ2n) is 11.8. The lowest BCUT2D eigenvalue weighted by atomic mass is 9.93. The highest BCUT2D eigenvalue weighted by Gasteiger charge is 2.20. The predicted molar refractivity (Wildman–Crippen MR) is 185 cm³/mol. The fraction of sp³-hybridized carbons (Fsp3) is 0.220. The fourth-order valence-corrected chi connectivity index (χ4v) is 5.22. The van der Waals surface area contributed by atoms with Crippen LogP contribution in [0.2, 0.25) is 0 Å². The van der Waals surface area contributed by atoms with Gasteiger partial charge in [-0.3, -0.25) is 9.59 Å². The van der Waals surface area contributed by atoms with E-state index in [-0.39, 0.29) is 24.7 Å². The highest BCUT2D eigenvalue weighted by Crippen LogP contribution is 2.33. The number of carbonyl (C=O) groups is 2. The zero-order chi connectivity index (χ0) is 33.0. The number of hydrogen-bond acceptors (Lipinski definition) is 6. The van der Waals surface area contributed by atoms with Crippen molar-refractivity contribution in [3.05, 3.63) is 155 Å². The van der Waals surface area contributed by atoms with Crippen LogP contribution in [-0.2, 0) is 47.0 Å². The third kappa shape index (κ3) is 9.65. The fourth-order valence-electron chi connectivity index (χ4n) is 5.22. The molecule has 0 aromatic heterocycles. The Morgan fingerprint density at radius 3 is 1.47 bits per heavy atom. The minimum Gasteiger partial charge on any atom is -0.489 e. The molecule has 6 heteroatoms. The van der Waals surface area contributed by atoms with Crippen LogP contribution >= 0.6 is 0 Å². The average Bonchev–Trinajstić information content (AvgIpc) is 3.10. The summed E-state index contributed by atoms with van der Waals surface area (Å²) in [4.78, 5) is 25.2. The van der Waals surface area contributed by atoms with E-state index >= 15 is 0 Å². The number of nitrogens with two attached hydrogens (primary N) is 1. The van der Waals surface area contributed by atoms with Gasteiger partial charge in [-0.05, 0) is 76.6 Å². The molecule has 0 saturated heterocycles. The Bertz CT molecular complexity index is 1760. The zero-order valence-corrected chi connectivity index (χ0v) is 26.9. The van der Waals surface area contributed by atoms with Gasteiger partial charge in [0.1, 0.15) is 43.1 Å². The molecule has 47 heavy (non-hydrogen) atoms. The monoisotopic (exact) mass is 627 g/mol. The molecule has 0 radical (unpaired) electrons. The molecule has 5 rings (SSSR count). The first-order valence-corrected chi connectivity index (χ1v) is 15.9. The molecular weight excluding hydrogens is 586 g/mol. The maximum atomic E-state index is 12.9. The highest BCUT2D eigenvalue weighted by molar-refractivity contribution is 5.79. The first-order chi connectivity index (χ1) is 22.9.